The maximum absolute atomic E-state index is 13.2. The maximum Gasteiger partial charge on any atom is 0.286 e. The highest BCUT2D eigenvalue weighted by atomic mass is 19.1. The lowest BCUT2D eigenvalue weighted by Crippen LogP contribution is -2.33. The normalized spacial score (nSPS) is 18.1. The van der Waals surface area contributed by atoms with Gasteiger partial charge in [-0.15, -0.1) is 0 Å². The fraction of sp³-hybridized carbons (Fsp3) is 0.300. The molecule has 5 rings (SSSR count). The highest BCUT2D eigenvalue weighted by molar-refractivity contribution is 5.91. The SMILES string of the molecule is O=C(NCc1ccc(F)cc1)C1=CC(c2cccc3c2Cc2ccccc2-3)CC(OCCCCO)O1. The highest BCUT2D eigenvalue weighted by Crippen LogP contribution is 2.42. The van der Waals surface area contributed by atoms with E-state index >= 15 is 0 Å². The van der Waals surface area contributed by atoms with Crippen molar-refractivity contribution < 1.29 is 23.8 Å². The van der Waals surface area contributed by atoms with Gasteiger partial charge in [0.2, 0.25) is 6.29 Å². The van der Waals surface area contributed by atoms with Crippen LogP contribution in [0.2, 0.25) is 0 Å². The average molecular weight is 488 g/mol. The smallest absolute Gasteiger partial charge is 0.286 e. The van der Waals surface area contributed by atoms with Crippen molar-refractivity contribution in [3.8, 4) is 11.1 Å². The first-order valence-corrected chi connectivity index (χ1v) is 12.5. The third-order valence-electron chi connectivity index (χ3n) is 6.79. The van der Waals surface area contributed by atoms with Crippen molar-refractivity contribution in [2.24, 2.45) is 0 Å². The van der Waals surface area contributed by atoms with Crippen molar-refractivity contribution in [2.45, 2.75) is 44.4 Å². The molecule has 1 aliphatic heterocycles. The number of unbranched alkanes of at least 4 members (excludes halogenated alkanes) is 1. The van der Waals surface area contributed by atoms with Crippen molar-refractivity contribution in [2.75, 3.05) is 13.2 Å². The van der Waals surface area contributed by atoms with Crippen LogP contribution >= 0.6 is 0 Å². The minimum absolute atomic E-state index is 0.0441. The second-order valence-electron chi connectivity index (χ2n) is 9.24. The first-order valence-electron chi connectivity index (χ1n) is 12.5. The van der Waals surface area contributed by atoms with Crippen LogP contribution in [0.4, 0.5) is 4.39 Å². The molecule has 0 bridgehead atoms. The maximum atomic E-state index is 13.2. The van der Waals surface area contributed by atoms with Crippen molar-refractivity contribution in [1.82, 2.24) is 5.32 Å². The van der Waals surface area contributed by atoms with Crippen molar-refractivity contribution in [3.63, 3.8) is 0 Å². The number of carbonyl (C=O) groups is 1. The van der Waals surface area contributed by atoms with Gasteiger partial charge in [-0.3, -0.25) is 4.79 Å². The molecule has 2 N–H and O–H groups in total. The Bertz CT molecular complexity index is 1250. The molecule has 1 aliphatic carbocycles. The summed E-state index contributed by atoms with van der Waals surface area (Å²) in [5.41, 5.74) is 7.08. The summed E-state index contributed by atoms with van der Waals surface area (Å²) in [6, 6.07) is 20.9. The number of allylic oxidation sites excluding steroid dienone is 1. The quantitative estimate of drug-likeness (QED) is 0.318. The lowest BCUT2D eigenvalue weighted by Gasteiger charge is -2.30. The van der Waals surface area contributed by atoms with E-state index < -0.39 is 6.29 Å². The lowest BCUT2D eigenvalue weighted by molar-refractivity contribution is -0.146. The summed E-state index contributed by atoms with van der Waals surface area (Å²) in [4.78, 5) is 13.1. The van der Waals surface area contributed by atoms with Gasteiger partial charge in [0.1, 0.15) is 5.82 Å². The predicted molar refractivity (Wildman–Crippen MR) is 136 cm³/mol. The third-order valence-corrected chi connectivity index (χ3v) is 6.79. The zero-order valence-corrected chi connectivity index (χ0v) is 20.1. The van der Waals surface area contributed by atoms with E-state index in [1.165, 1.54) is 39.9 Å². The molecule has 2 unspecified atom stereocenters. The Labute approximate surface area is 210 Å². The molecule has 36 heavy (non-hydrogen) atoms. The van der Waals surface area contributed by atoms with E-state index in [-0.39, 0.29) is 36.6 Å². The van der Waals surface area contributed by atoms with Crippen LogP contribution in [0.1, 0.15) is 47.4 Å². The Morgan fingerprint density at radius 1 is 1.03 bits per heavy atom. The number of hydrogen-bond donors (Lipinski definition) is 2. The van der Waals surface area contributed by atoms with E-state index in [4.69, 9.17) is 14.6 Å². The summed E-state index contributed by atoms with van der Waals surface area (Å²) in [6.07, 6.45) is 4.16. The molecular formula is C30H30FNO4. The van der Waals surface area contributed by atoms with Crippen LogP contribution in [0.25, 0.3) is 11.1 Å². The highest BCUT2D eigenvalue weighted by Gasteiger charge is 2.31. The molecule has 2 aliphatic rings. The zero-order chi connectivity index (χ0) is 24.9. The number of hydrogen-bond acceptors (Lipinski definition) is 4. The number of amides is 1. The molecule has 3 aromatic rings. The zero-order valence-electron chi connectivity index (χ0n) is 20.1. The topological polar surface area (TPSA) is 67.8 Å². The van der Waals surface area contributed by atoms with Crippen molar-refractivity contribution in [1.29, 1.82) is 0 Å². The Balaban J connectivity index is 1.38. The van der Waals surface area contributed by atoms with E-state index in [0.717, 1.165) is 12.0 Å². The molecule has 0 spiro atoms. The fourth-order valence-corrected chi connectivity index (χ4v) is 4.96. The standard InChI is InChI=1S/C30H30FNO4/c31-23-12-10-20(11-13-23)19-32-30(34)28-17-22(18-29(36-28)35-15-4-3-14-33)25-8-5-9-26-24-7-2-1-6-21(24)16-27(25)26/h1-2,5-13,17,22,29,33H,3-4,14-16,18-19H2,(H,32,34). The van der Waals surface area contributed by atoms with E-state index in [2.05, 4.69) is 47.8 Å². The van der Waals surface area contributed by atoms with Gasteiger partial charge in [0.25, 0.3) is 5.91 Å². The Hall–Kier alpha value is -3.48. The minimum Gasteiger partial charge on any atom is -0.459 e. The molecule has 0 saturated carbocycles. The summed E-state index contributed by atoms with van der Waals surface area (Å²) in [7, 11) is 0. The molecule has 0 fully saturated rings. The van der Waals surface area contributed by atoms with Crippen LogP contribution in [-0.4, -0.2) is 30.5 Å². The second kappa shape index (κ2) is 11.1. The van der Waals surface area contributed by atoms with Gasteiger partial charge in [0, 0.05) is 25.5 Å². The molecule has 5 nitrogen and oxygen atoms in total. The van der Waals surface area contributed by atoms with Gasteiger partial charge < -0.3 is 19.9 Å². The van der Waals surface area contributed by atoms with Crippen LogP contribution in [0.3, 0.4) is 0 Å². The number of aliphatic hydroxyl groups is 1. The molecular weight excluding hydrogens is 457 g/mol. The number of carbonyl (C=O) groups excluding carboxylic acids is 1. The summed E-state index contributed by atoms with van der Waals surface area (Å²) < 4.78 is 25.2. The molecule has 0 saturated heterocycles. The largest absolute Gasteiger partial charge is 0.459 e. The summed E-state index contributed by atoms with van der Waals surface area (Å²) >= 11 is 0. The van der Waals surface area contributed by atoms with Gasteiger partial charge in [0.15, 0.2) is 5.76 Å². The molecule has 186 valence electrons. The molecule has 1 amide bonds. The Morgan fingerprint density at radius 2 is 1.83 bits per heavy atom. The third kappa shape index (κ3) is 5.35. The van der Waals surface area contributed by atoms with Gasteiger partial charge in [-0.1, -0.05) is 54.6 Å². The average Bonchev–Trinajstić information content (AvgIpc) is 3.29. The number of fused-ring (bicyclic) bond motifs is 3. The van der Waals surface area contributed by atoms with Crippen LogP contribution in [-0.2, 0) is 27.2 Å². The van der Waals surface area contributed by atoms with Crippen molar-refractivity contribution >= 4 is 5.91 Å². The van der Waals surface area contributed by atoms with Gasteiger partial charge in [0.05, 0.1) is 6.61 Å². The van der Waals surface area contributed by atoms with E-state index in [1.807, 2.05) is 6.08 Å². The Kier molecular flexibility index (Phi) is 7.44. The van der Waals surface area contributed by atoms with Crippen LogP contribution in [0.5, 0.6) is 0 Å². The molecule has 1 heterocycles. The molecule has 0 radical (unpaired) electrons. The second-order valence-corrected chi connectivity index (χ2v) is 9.24. The number of nitrogens with one attached hydrogen (secondary N) is 1. The number of halogens is 1. The number of ether oxygens (including phenoxy) is 2. The summed E-state index contributed by atoms with van der Waals surface area (Å²) in [5.74, 6) is -0.458. The van der Waals surface area contributed by atoms with Crippen LogP contribution in [0, 0.1) is 5.82 Å². The number of benzene rings is 3. The molecule has 6 heteroatoms. The number of rotatable bonds is 9. The van der Waals surface area contributed by atoms with E-state index in [9.17, 15) is 9.18 Å². The summed E-state index contributed by atoms with van der Waals surface area (Å²) in [5, 5.41) is 12.0. The van der Waals surface area contributed by atoms with E-state index in [1.54, 1.807) is 12.1 Å². The molecule has 2 atom stereocenters. The monoisotopic (exact) mass is 487 g/mol. The van der Waals surface area contributed by atoms with Gasteiger partial charge >= 0.3 is 0 Å². The van der Waals surface area contributed by atoms with E-state index in [0.29, 0.717) is 25.9 Å². The van der Waals surface area contributed by atoms with Gasteiger partial charge in [-0.2, -0.15) is 0 Å². The fourth-order valence-electron chi connectivity index (χ4n) is 4.96. The number of aliphatic hydroxyl groups excluding tert-OH is 1. The van der Waals surface area contributed by atoms with Gasteiger partial charge in [-0.05, 0) is 70.9 Å². The minimum atomic E-state index is -0.565. The first-order chi connectivity index (χ1) is 17.6. The predicted octanol–water partition coefficient (Wildman–Crippen LogP) is 5.22. The van der Waals surface area contributed by atoms with Crippen molar-refractivity contribution in [3.05, 3.63) is 107 Å². The van der Waals surface area contributed by atoms with Crippen LogP contribution in [0.15, 0.2) is 78.6 Å². The first kappa shape index (κ1) is 24.2. The molecule has 0 aromatic heterocycles. The van der Waals surface area contributed by atoms with Gasteiger partial charge in [-0.25, -0.2) is 4.39 Å². The lowest BCUT2D eigenvalue weighted by atomic mass is 9.87. The summed E-state index contributed by atoms with van der Waals surface area (Å²) in [6.45, 7) is 0.828. The Morgan fingerprint density at radius 3 is 2.67 bits per heavy atom. The molecule has 3 aromatic carbocycles. The van der Waals surface area contributed by atoms with Crippen LogP contribution < -0.4 is 5.32 Å².